The number of allylic oxidation sites excluding steroid dienone is 1. The minimum Gasteiger partial charge on any atom is -0.467 e. The predicted molar refractivity (Wildman–Crippen MR) is 75.1 cm³/mol. The topological polar surface area (TPSA) is 93.7 Å². The van der Waals surface area contributed by atoms with Crippen LogP contribution >= 0.6 is 0 Å². The van der Waals surface area contributed by atoms with Crippen LogP contribution in [0.15, 0.2) is 18.5 Å². The van der Waals surface area contributed by atoms with Gasteiger partial charge in [-0.1, -0.05) is 6.58 Å². The Morgan fingerprint density at radius 2 is 2.14 bits per heavy atom. The number of hydrogen-bond donors (Lipinski definition) is 1. The Morgan fingerprint density at radius 1 is 1.48 bits per heavy atom. The third kappa shape index (κ3) is 2.51. The van der Waals surface area contributed by atoms with Crippen LogP contribution in [0.25, 0.3) is 0 Å². The highest BCUT2D eigenvalue weighted by Gasteiger charge is 2.46. The minimum absolute atomic E-state index is 0.0776. The molecule has 0 aromatic carbocycles. The Bertz CT molecular complexity index is 627. The Morgan fingerprint density at radius 3 is 2.71 bits per heavy atom. The summed E-state index contributed by atoms with van der Waals surface area (Å²) in [6.45, 7) is 8.22. The second-order valence-corrected chi connectivity index (χ2v) is 5.01. The molecule has 8 nitrogen and oxygen atoms in total. The van der Waals surface area contributed by atoms with Crippen LogP contribution in [0.2, 0.25) is 0 Å². The van der Waals surface area contributed by atoms with E-state index in [1.807, 2.05) is 0 Å². The van der Waals surface area contributed by atoms with E-state index in [1.54, 1.807) is 13.8 Å². The molecule has 8 heteroatoms. The van der Waals surface area contributed by atoms with Crippen LogP contribution in [0.3, 0.4) is 0 Å². The molecule has 0 fully saturated rings. The van der Waals surface area contributed by atoms with Crippen molar-refractivity contribution >= 4 is 23.5 Å². The van der Waals surface area contributed by atoms with Crippen molar-refractivity contribution in [2.75, 3.05) is 17.3 Å². The Hall–Kier alpha value is -2.64. The van der Waals surface area contributed by atoms with Gasteiger partial charge >= 0.3 is 12.1 Å². The third-order valence-electron chi connectivity index (χ3n) is 2.95. The van der Waals surface area contributed by atoms with Gasteiger partial charge in [-0.05, 0) is 20.8 Å². The Kier molecular flexibility index (Phi) is 3.54. The van der Waals surface area contributed by atoms with Crippen LogP contribution < -0.4 is 15.0 Å². The van der Waals surface area contributed by atoms with Crippen molar-refractivity contribution in [3.05, 3.63) is 18.5 Å². The van der Waals surface area contributed by atoms with Gasteiger partial charge in [-0.15, -0.1) is 0 Å². The zero-order chi connectivity index (χ0) is 15.8. The molecule has 1 N–H and O–H groups in total. The number of rotatable bonds is 2. The van der Waals surface area contributed by atoms with Gasteiger partial charge in [-0.2, -0.15) is 4.98 Å². The summed E-state index contributed by atoms with van der Waals surface area (Å²) >= 11 is 0. The molecule has 0 saturated carbocycles. The molecule has 2 rings (SSSR count). The van der Waals surface area contributed by atoms with Crippen molar-refractivity contribution in [3.8, 4) is 6.01 Å². The zero-order valence-electron chi connectivity index (χ0n) is 12.3. The average Bonchev–Trinajstić information content (AvgIpc) is 2.38. The lowest BCUT2D eigenvalue weighted by molar-refractivity contribution is -0.120. The van der Waals surface area contributed by atoms with Crippen LogP contribution in [0.1, 0.15) is 20.8 Å². The van der Waals surface area contributed by atoms with E-state index in [0.29, 0.717) is 5.69 Å². The molecule has 0 atom stereocenters. The van der Waals surface area contributed by atoms with E-state index in [-0.39, 0.29) is 23.5 Å². The van der Waals surface area contributed by atoms with E-state index in [0.717, 1.165) is 4.90 Å². The molecule has 1 aromatic heterocycles. The number of amides is 2. The fraction of sp³-hybridized carbons (Fsp3) is 0.385. The fourth-order valence-electron chi connectivity index (χ4n) is 1.87. The fourth-order valence-corrected chi connectivity index (χ4v) is 1.87. The molecule has 0 aliphatic carbocycles. The van der Waals surface area contributed by atoms with Crippen molar-refractivity contribution in [2.45, 2.75) is 26.3 Å². The van der Waals surface area contributed by atoms with Gasteiger partial charge in [0.15, 0.2) is 5.82 Å². The first kappa shape index (κ1) is 14.8. The Balaban J connectivity index is 2.56. The first-order valence-corrected chi connectivity index (χ1v) is 6.17. The molecular formula is C13H16N4O4. The lowest BCUT2D eigenvalue weighted by Gasteiger charge is -2.39. The van der Waals surface area contributed by atoms with Gasteiger partial charge in [0, 0.05) is 0 Å². The summed E-state index contributed by atoms with van der Waals surface area (Å²) in [6, 6.07) is 0.0776. The summed E-state index contributed by atoms with van der Waals surface area (Å²) in [6.07, 6.45) is 0.624. The second kappa shape index (κ2) is 5.04. The number of fused-ring (bicyclic) bond motifs is 1. The van der Waals surface area contributed by atoms with Gasteiger partial charge in [0.2, 0.25) is 5.91 Å². The zero-order valence-corrected chi connectivity index (χ0v) is 12.3. The van der Waals surface area contributed by atoms with Gasteiger partial charge < -0.3 is 14.8 Å². The van der Waals surface area contributed by atoms with Gasteiger partial charge in [-0.3, -0.25) is 4.79 Å². The number of carbonyl (C=O) groups is 2. The monoisotopic (exact) mass is 292 g/mol. The highest BCUT2D eigenvalue weighted by Crippen LogP contribution is 2.36. The van der Waals surface area contributed by atoms with Crippen LogP contribution in [0.4, 0.5) is 16.3 Å². The second-order valence-electron chi connectivity index (χ2n) is 5.01. The molecule has 0 radical (unpaired) electrons. The molecular weight excluding hydrogens is 276 g/mol. The number of anilines is 2. The van der Waals surface area contributed by atoms with E-state index in [9.17, 15) is 9.59 Å². The van der Waals surface area contributed by atoms with Crippen LogP contribution in [0.5, 0.6) is 6.01 Å². The van der Waals surface area contributed by atoms with Gasteiger partial charge in [0.1, 0.15) is 11.2 Å². The number of carbonyl (C=O) groups excluding carboxylic acids is 2. The maximum atomic E-state index is 12.3. The summed E-state index contributed by atoms with van der Waals surface area (Å²) in [5, 5.41) is 2.65. The maximum Gasteiger partial charge on any atom is 0.421 e. The van der Waals surface area contributed by atoms with Crippen molar-refractivity contribution in [2.24, 2.45) is 0 Å². The van der Waals surface area contributed by atoms with Crippen molar-refractivity contribution in [3.63, 3.8) is 0 Å². The molecule has 2 heterocycles. The minimum atomic E-state index is -1.18. The third-order valence-corrected chi connectivity index (χ3v) is 2.95. The largest absolute Gasteiger partial charge is 0.467 e. The molecule has 0 saturated heterocycles. The molecule has 2 amide bonds. The maximum absolute atomic E-state index is 12.3. The van der Waals surface area contributed by atoms with E-state index >= 15 is 0 Å². The van der Waals surface area contributed by atoms with Crippen molar-refractivity contribution in [1.29, 1.82) is 0 Å². The number of methoxy groups -OCH3 is 1. The predicted octanol–water partition coefficient (Wildman–Crippen LogP) is 1.69. The normalized spacial score (nSPS) is 15.8. The molecule has 112 valence electrons. The van der Waals surface area contributed by atoms with Gasteiger partial charge in [0.25, 0.3) is 0 Å². The Labute approximate surface area is 121 Å². The number of hydrogen-bond acceptors (Lipinski definition) is 6. The van der Waals surface area contributed by atoms with E-state index < -0.39 is 11.6 Å². The highest BCUT2D eigenvalue weighted by atomic mass is 16.6. The van der Waals surface area contributed by atoms with Crippen LogP contribution in [-0.4, -0.2) is 34.6 Å². The highest BCUT2D eigenvalue weighted by molar-refractivity contribution is 6.11. The average molecular weight is 292 g/mol. The molecule has 1 aliphatic rings. The van der Waals surface area contributed by atoms with E-state index in [4.69, 9.17) is 9.47 Å². The lowest BCUT2D eigenvalue weighted by atomic mass is 9.99. The molecule has 1 aliphatic heterocycles. The van der Waals surface area contributed by atoms with Crippen molar-refractivity contribution < 1.29 is 19.1 Å². The number of nitrogens with zero attached hydrogens (tertiary/aromatic N) is 3. The van der Waals surface area contributed by atoms with Crippen LogP contribution in [-0.2, 0) is 9.53 Å². The number of ether oxygens (including phenoxy) is 2. The molecule has 0 spiro atoms. The van der Waals surface area contributed by atoms with Gasteiger partial charge in [0.05, 0.1) is 19.1 Å². The SMILES string of the molecule is C=C(C)OC(=O)N1c2nc(OC)ncc2NC(=O)C1(C)C. The van der Waals surface area contributed by atoms with Crippen molar-refractivity contribution in [1.82, 2.24) is 9.97 Å². The summed E-state index contributed by atoms with van der Waals surface area (Å²) in [4.78, 5) is 33.6. The molecule has 21 heavy (non-hydrogen) atoms. The summed E-state index contributed by atoms with van der Waals surface area (Å²) < 4.78 is 9.97. The number of aromatic nitrogens is 2. The molecule has 0 bridgehead atoms. The molecule has 0 unspecified atom stereocenters. The standard InChI is InChI=1S/C13H16N4O4/c1-7(2)21-12(19)17-9-8(6-14-11(16-9)20-5)15-10(18)13(17,3)4/h6H,1H2,2-5H3,(H,15,18). The van der Waals surface area contributed by atoms with Gasteiger partial charge in [-0.25, -0.2) is 14.7 Å². The summed E-state index contributed by atoms with van der Waals surface area (Å²) in [5.74, 6) is 0.0458. The molecule has 1 aromatic rings. The van der Waals surface area contributed by atoms with E-state index in [1.165, 1.54) is 20.2 Å². The lowest BCUT2D eigenvalue weighted by Crippen LogP contribution is -2.58. The number of nitrogens with one attached hydrogen (secondary N) is 1. The first-order chi connectivity index (χ1) is 9.77. The first-order valence-electron chi connectivity index (χ1n) is 6.17. The van der Waals surface area contributed by atoms with E-state index in [2.05, 4.69) is 21.9 Å². The summed E-state index contributed by atoms with van der Waals surface area (Å²) in [5.41, 5.74) is -0.877. The smallest absolute Gasteiger partial charge is 0.421 e. The van der Waals surface area contributed by atoms with Crippen LogP contribution in [0, 0.1) is 0 Å². The summed E-state index contributed by atoms with van der Waals surface area (Å²) in [7, 11) is 1.41. The quantitative estimate of drug-likeness (QED) is 0.834.